The molecule has 7 heteroatoms. The lowest BCUT2D eigenvalue weighted by Gasteiger charge is -2.20. The molecule has 0 saturated carbocycles. The SMILES string of the molecule is Cc1ccccc1CN(C)c1nc(NN)nc(N(C)C)n1. The summed E-state index contributed by atoms with van der Waals surface area (Å²) < 4.78 is 0. The van der Waals surface area contributed by atoms with Crippen molar-refractivity contribution in [3.63, 3.8) is 0 Å². The summed E-state index contributed by atoms with van der Waals surface area (Å²) in [5, 5.41) is 0. The normalized spacial score (nSPS) is 10.3. The Labute approximate surface area is 124 Å². The second-order valence-corrected chi connectivity index (χ2v) is 5.08. The van der Waals surface area contributed by atoms with Gasteiger partial charge in [0, 0.05) is 27.7 Å². The van der Waals surface area contributed by atoms with Gasteiger partial charge in [0.05, 0.1) is 0 Å². The van der Waals surface area contributed by atoms with E-state index in [0.29, 0.717) is 24.4 Å². The lowest BCUT2D eigenvalue weighted by atomic mass is 10.1. The Balaban J connectivity index is 2.28. The van der Waals surface area contributed by atoms with Gasteiger partial charge >= 0.3 is 0 Å². The first kappa shape index (κ1) is 15.0. The Kier molecular flexibility index (Phi) is 4.54. The fourth-order valence-electron chi connectivity index (χ4n) is 1.90. The van der Waals surface area contributed by atoms with Crippen LogP contribution in [0.5, 0.6) is 0 Å². The van der Waals surface area contributed by atoms with Crippen molar-refractivity contribution < 1.29 is 0 Å². The van der Waals surface area contributed by atoms with Crippen LogP contribution < -0.4 is 21.1 Å². The van der Waals surface area contributed by atoms with Gasteiger partial charge in [-0.05, 0) is 18.1 Å². The number of benzene rings is 1. The largest absolute Gasteiger partial charge is 0.347 e. The summed E-state index contributed by atoms with van der Waals surface area (Å²) in [6.45, 7) is 2.81. The summed E-state index contributed by atoms with van der Waals surface area (Å²) in [5.41, 5.74) is 4.95. The molecule has 21 heavy (non-hydrogen) atoms. The van der Waals surface area contributed by atoms with Crippen LogP contribution in [0.3, 0.4) is 0 Å². The average Bonchev–Trinajstić information content (AvgIpc) is 2.49. The molecule has 7 nitrogen and oxygen atoms in total. The molecular weight excluding hydrogens is 266 g/mol. The number of hydrogen-bond donors (Lipinski definition) is 2. The third-order valence-corrected chi connectivity index (χ3v) is 3.15. The zero-order valence-electron chi connectivity index (χ0n) is 12.8. The fraction of sp³-hybridized carbons (Fsp3) is 0.357. The molecule has 3 N–H and O–H groups in total. The fourth-order valence-corrected chi connectivity index (χ4v) is 1.90. The Hall–Kier alpha value is -2.41. The van der Waals surface area contributed by atoms with E-state index >= 15 is 0 Å². The van der Waals surface area contributed by atoms with Crippen LogP contribution in [0.4, 0.5) is 17.8 Å². The molecular formula is C14H21N7. The highest BCUT2D eigenvalue weighted by molar-refractivity contribution is 5.44. The number of rotatable bonds is 5. The van der Waals surface area contributed by atoms with Crippen molar-refractivity contribution in [2.75, 3.05) is 36.4 Å². The van der Waals surface area contributed by atoms with E-state index in [2.05, 4.69) is 39.4 Å². The molecule has 0 unspecified atom stereocenters. The van der Waals surface area contributed by atoms with Crippen LogP contribution in [0.15, 0.2) is 24.3 Å². The van der Waals surface area contributed by atoms with Crippen LogP contribution in [0.1, 0.15) is 11.1 Å². The summed E-state index contributed by atoms with van der Waals surface area (Å²) in [6.07, 6.45) is 0. The smallest absolute Gasteiger partial charge is 0.243 e. The molecule has 1 heterocycles. The van der Waals surface area contributed by atoms with Gasteiger partial charge in [-0.3, -0.25) is 5.43 Å². The highest BCUT2D eigenvalue weighted by Crippen LogP contribution is 2.17. The maximum atomic E-state index is 5.42. The molecule has 0 fully saturated rings. The zero-order chi connectivity index (χ0) is 15.4. The van der Waals surface area contributed by atoms with E-state index in [4.69, 9.17) is 5.84 Å². The second-order valence-electron chi connectivity index (χ2n) is 5.08. The van der Waals surface area contributed by atoms with Crippen molar-refractivity contribution in [1.29, 1.82) is 0 Å². The lowest BCUT2D eigenvalue weighted by molar-refractivity contribution is 0.838. The van der Waals surface area contributed by atoms with E-state index in [-0.39, 0.29) is 0 Å². The number of hydrazine groups is 1. The first-order valence-electron chi connectivity index (χ1n) is 6.67. The Morgan fingerprint density at radius 2 is 1.71 bits per heavy atom. The van der Waals surface area contributed by atoms with Crippen molar-refractivity contribution in [1.82, 2.24) is 15.0 Å². The molecule has 112 valence electrons. The number of nitrogens with two attached hydrogens (primary N) is 1. The maximum absolute atomic E-state index is 5.42. The molecule has 2 rings (SSSR count). The van der Waals surface area contributed by atoms with Crippen LogP contribution in [0.25, 0.3) is 0 Å². The minimum absolute atomic E-state index is 0.348. The highest BCUT2D eigenvalue weighted by atomic mass is 15.4. The quantitative estimate of drug-likeness (QED) is 0.631. The van der Waals surface area contributed by atoms with Gasteiger partial charge in [-0.25, -0.2) is 5.84 Å². The topological polar surface area (TPSA) is 83.2 Å². The van der Waals surface area contributed by atoms with Crippen molar-refractivity contribution in [2.24, 2.45) is 5.84 Å². The molecule has 0 amide bonds. The van der Waals surface area contributed by atoms with E-state index in [1.807, 2.05) is 43.1 Å². The van der Waals surface area contributed by atoms with E-state index in [9.17, 15) is 0 Å². The van der Waals surface area contributed by atoms with Gasteiger partial charge in [-0.1, -0.05) is 24.3 Å². The van der Waals surface area contributed by atoms with Gasteiger partial charge in [-0.15, -0.1) is 0 Å². The number of hydrogen-bond acceptors (Lipinski definition) is 7. The molecule has 2 aromatic rings. The molecule has 0 bridgehead atoms. The van der Waals surface area contributed by atoms with Gasteiger partial charge in [0.2, 0.25) is 17.8 Å². The number of nitrogen functional groups attached to an aromatic ring is 1. The first-order chi connectivity index (χ1) is 10.0. The number of nitrogens with one attached hydrogen (secondary N) is 1. The minimum atomic E-state index is 0.348. The van der Waals surface area contributed by atoms with Crippen LogP contribution in [0.2, 0.25) is 0 Å². The van der Waals surface area contributed by atoms with E-state index < -0.39 is 0 Å². The maximum Gasteiger partial charge on any atom is 0.243 e. The molecule has 0 aliphatic carbocycles. The number of aryl methyl sites for hydroxylation is 1. The number of nitrogens with zero attached hydrogens (tertiary/aromatic N) is 5. The van der Waals surface area contributed by atoms with E-state index in [1.54, 1.807) is 0 Å². The third-order valence-electron chi connectivity index (χ3n) is 3.15. The third kappa shape index (κ3) is 3.57. The van der Waals surface area contributed by atoms with Crippen molar-refractivity contribution in [3.8, 4) is 0 Å². The molecule has 0 saturated heterocycles. The van der Waals surface area contributed by atoms with Crippen LogP contribution in [-0.2, 0) is 6.54 Å². The minimum Gasteiger partial charge on any atom is -0.347 e. The molecule has 0 aliphatic rings. The molecule has 0 atom stereocenters. The highest BCUT2D eigenvalue weighted by Gasteiger charge is 2.12. The number of aromatic nitrogens is 3. The number of anilines is 3. The predicted molar refractivity (Wildman–Crippen MR) is 85.3 cm³/mol. The lowest BCUT2D eigenvalue weighted by Crippen LogP contribution is -2.24. The van der Waals surface area contributed by atoms with Gasteiger partial charge in [0.25, 0.3) is 0 Å². The zero-order valence-corrected chi connectivity index (χ0v) is 12.8. The molecule has 0 spiro atoms. The predicted octanol–water partition coefficient (Wildman–Crippen LogP) is 1.17. The van der Waals surface area contributed by atoms with Crippen LogP contribution >= 0.6 is 0 Å². The van der Waals surface area contributed by atoms with Crippen LogP contribution in [-0.4, -0.2) is 36.1 Å². The second kappa shape index (κ2) is 6.36. The van der Waals surface area contributed by atoms with Crippen molar-refractivity contribution >= 4 is 17.8 Å². The van der Waals surface area contributed by atoms with Crippen LogP contribution in [0, 0.1) is 6.92 Å². The Morgan fingerprint density at radius 1 is 1.05 bits per heavy atom. The van der Waals surface area contributed by atoms with Crippen molar-refractivity contribution in [3.05, 3.63) is 35.4 Å². The van der Waals surface area contributed by atoms with Crippen molar-refractivity contribution in [2.45, 2.75) is 13.5 Å². The summed E-state index contributed by atoms with van der Waals surface area (Å²) in [6, 6.07) is 8.25. The summed E-state index contributed by atoms with van der Waals surface area (Å²) in [4.78, 5) is 16.7. The Morgan fingerprint density at radius 3 is 2.33 bits per heavy atom. The van der Waals surface area contributed by atoms with E-state index in [1.165, 1.54) is 11.1 Å². The van der Waals surface area contributed by atoms with Gasteiger partial charge in [0.15, 0.2) is 0 Å². The monoisotopic (exact) mass is 287 g/mol. The van der Waals surface area contributed by atoms with E-state index in [0.717, 1.165) is 0 Å². The standard InChI is InChI=1S/C14H21N7/c1-10-7-5-6-8-11(10)9-21(4)14-17-12(19-15)16-13(18-14)20(2)3/h5-8H,9,15H2,1-4H3,(H,16,17,18,19). The molecule has 0 radical (unpaired) electrons. The van der Waals surface area contributed by atoms with Gasteiger partial charge < -0.3 is 9.80 Å². The molecule has 1 aromatic heterocycles. The van der Waals surface area contributed by atoms with Gasteiger partial charge in [0.1, 0.15) is 0 Å². The summed E-state index contributed by atoms with van der Waals surface area (Å²) in [5.74, 6) is 6.91. The van der Waals surface area contributed by atoms with Gasteiger partial charge in [-0.2, -0.15) is 15.0 Å². The summed E-state index contributed by atoms with van der Waals surface area (Å²) in [7, 11) is 5.70. The first-order valence-corrected chi connectivity index (χ1v) is 6.67. The average molecular weight is 287 g/mol. The Bertz CT molecular complexity index is 612. The summed E-state index contributed by atoms with van der Waals surface area (Å²) >= 11 is 0. The molecule has 1 aromatic carbocycles. The molecule has 0 aliphatic heterocycles.